The number of ether oxygens (including phenoxy) is 1. The molecule has 0 radical (unpaired) electrons. The third kappa shape index (κ3) is 4.63. The number of halogens is 1. The molecular formula is C22H27ClN2O4S. The summed E-state index contributed by atoms with van der Waals surface area (Å²) in [6.07, 6.45) is 2.64. The van der Waals surface area contributed by atoms with Crippen LogP contribution in [-0.4, -0.2) is 38.3 Å². The number of carbonyl (C=O) groups is 1. The molecule has 2 aromatic rings. The molecule has 162 valence electrons. The Morgan fingerprint density at radius 2 is 1.97 bits per heavy atom. The third-order valence-corrected chi connectivity index (χ3v) is 7.85. The van der Waals surface area contributed by atoms with Gasteiger partial charge in [-0.2, -0.15) is 4.31 Å². The zero-order chi connectivity index (χ0) is 21.9. The lowest BCUT2D eigenvalue weighted by atomic mass is 10.1. The Hall–Kier alpha value is -2.09. The van der Waals surface area contributed by atoms with Crippen LogP contribution in [0.5, 0.6) is 5.75 Å². The van der Waals surface area contributed by atoms with Crippen molar-refractivity contribution in [2.75, 3.05) is 13.7 Å². The van der Waals surface area contributed by atoms with Crippen molar-refractivity contribution < 1.29 is 17.9 Å². The Bertz CT molecular complexity index is 1030. The molecule has 0 saturated carbocycles. The standard InChI is InChI=1S/C22H27ClN2O4S/c1-15-8-6-7-13-25(15)30(27,28)21-14-17(11-12-20(21)29-3)22(26)24-16(2)18-9-4-5-10-19(18)23/h4-5,9-12,14-16H,6-8,13H2,1-3H3,(H,24,26). The van der Waals surface area contributed by atoms with E-state index in [1.54, 1.807) is 12.1 Å². The van der Waals surface area contributed by atoms with Crippen molar-refractivity contribution >= 4 is 27.5 Å². The number of nitrogens with one attached hydrogen (secondary N) is 1. The fourth-order valence-corrected chi connectivity index (χ4v) is 5.94. The zero-order valence-electron chi connectivity index (χ0n) is 17.4. The van der Waals surface area contributed by atoms with E-state index < -0.39 is 10.0 Å². The SMILES string of the molecule is COc1ccc(C(=O)NC(C)c2ccccc2Cl)cc1S(=O)(=O)N1CCCCC1C. The number of sulfonamides is 1. The van der Waals surface area contributed by atoms with E-state index in [9.17, 15) is 13.2 Å². The number of carbonyl (C=O) groups excluding carboxylic acids is 1. The van der Waals surface area contributed by atoms with Crippen molar-refractivity contribution in [2.24, 2.45) is 0 Å². The van der Waals surface area contributed by atoms with E-state index in [2.05, 4.69) is 5.32 Å². The summed E-state index contributed by atoms with van der Waals surface area (Å²) in [6.45, 7) is 4.20. The van der Waals surface area contributed by atoms with Crippen molar-refractivity contribution in [3.05, 3.63) is 58.6 Å². The number of rotatable bonds is 6. The molecule has 1 saturated heterocycles. The van der Waals surface area contributed by atoms with Gasteiger partial charge in [0.05, 0.1) is 13.2 Å². The first-order valence-electron chi connectivity index (χ1n) is 10.0. The van der Waals surface area contributed by atoms with E-state index in [1.807, 2.05) is 32.0 Å². The van der Waals surface area contributed by atoms with E-state index >= 15 is 0 Å². The maximum absolute atomic E-state index is 13.3. The second kappa shape index (κ2) is 9.37. The molecule has 0 aliphatic carbocycles. The van der Waals surface area contributed by atoms with Crippen LogP contribution >= 0.6 is 11.6 Å². The van der Waals surface area contributed by atoms with Gasteiger partial charge in [-0.05, 0) is 56.5 Å². The normalized spacial score (nSPS) is 18.6. The van der Waals surface area contributed by atoms with Crippen molar-refractivity contribution in [1.29, 1.82) is 0 Å². The van der Waals surface area contributed by atoms with E-state index in [1.165, 1.54) is 23.5 Å². The highest BCUT2D eigenvalue weighted by molar-refractivity contribution is 7.89. The van der Waals surface area contributed by atoms with Crippen LogP contribution < -0.4 is 10.1 Å². The smallest absolute Gasteiger partial charge is 0.251 e. The molecule has 2 atom stereocenters. The number of hydrogen-bond donors (Lipinski definition) is 1. The molecule has 0 bridgehead atoms. The lowest BCUT2D eigenvalue weighted by Gasteiger charge is -2.32. The van der Waals surface area contributed by atoms with Crippen molar-refractivity contribution in [3.8, 4) is 5.75 Å². The molecule has 3 rings (SSSR count). The zero-order valence-corrected chi connectivity index (χ0v) is 19.0. The fraction of sp³-hybridized carbons (Fsp3) is 0.409. The second-order valence-electron chi connectivity index (χ2n) is 7.54. The molecule has 1 amide bonds. The van der Waals surface area contributed by atoms with Gasteiger partial charge in [0.25, 0.3) is 5.91 Å². The predicted molar refractivity (Wildman–Crippen MR) is 118 cm³/mol. The number of benzene rings is 2. The van der Waals surface area contributed by atoms with Gasteiger partial charge in [0.15, 0.2) is 0 Å². The van der Waals surface area contributed by atoms with Gasteiger partial charge < -0.3 is 10.1 Å². The average molecular weight is 451 g/mol. The summed E-state index contributed by atoms with van der Waals surface area (Å²) in [7, 11) is -2.37. The molecule has 1 aliphatic rings. The second-order valence-corrected chi connectivity index (χ2v) is 9.81. The minimum atomic E-state index is -3.79. The lowest BCUT2D eigenvalue weighted by molar-refractivity contribution is 0.0939. The van der Waals surface area contributed by atoms with Gasteiger partial charge in [-0.1, -0.05) is 36.2 Å². The third-order valence-electron chi connectivity index (χ3n) is 5.47. The molecule has 2 unspecified atom stereocenters. The Morgan fingerprint density at radius 3 is 2.63 bits per heavy atom. The molecule has 1 fully saturated rings. The lowest BCUT2D eigenvalue weighted by Crippen LogP contribution is -2.42. The molecule has 1 aliphatic heterocycles. The first kappa shape index (κ1) is 22.6. The predicted octanol–water partition coefficient (Wildman–Crippen LogP) is 4.40. The Balaban J connectivity index is 1.90. The maximum Gasteiger partial charge on any atom is 0.251 e. The van der Waals surface area contributed by atoms with Gasteiger partial charge in [-0.15, -0.1) is 0 Å². The van der Waals surface area contributed by atoms with Crippen LogP contribution in [0.4, 0.5) is 0 Å². The van der Waals surface area contributed by atoms with Crippen LogP contribution in [0, 0.1) is 0 Å². The molecule has 0 aromatic heterocycles. The highest BCUT2D eigenvalue weighted by Gasteiger charge is 2.33. The van der Waals surface area contributed by atoms with Gasteiger partial charge in [-0.25, -0.2) is 8.42 Å². The van der Waals surface area contributed by atoms with E-state index in [0.29, 0.717) is 11.6 Å². The van der Waals surface area contributed by atoms with Crippen molar-refractivity contribution in [1.82, 2.24) is 9.62 Å². The molecule has 1 N–H and O–H groups in total. The van der Waals surface area contributed by atoms with E-state index in [4.69, 9.17) is 16.3 Å². The highest BCUT2D eigenvalue weighted by Crippen LogP contribution is 2.32. The van der Waals surface area contributed by atoms with Crippen molar-refractivity contribution in [2.45, 2.75) is 50.1 Å². The van der Waals surface area contributed by atoms with E-state index in [0.717, 1.165) is 24.8 Å². The summed E-state index contributed by atoms with van der Waals surface area (Å²) in [6, 6.07) is 11.3. The molecule has 2 aromatic carbocycles. The van der Waals surface area contributed by atoms with Gasteiger partial charge in [0.1, 0.15) is 10.6 Å². The van der Waals surface area contributed by atoms with Crippen LogP contribution in [-0.2, 0) is 10.0 Å². The largest absolute Gasteiger partial charge is 0.495 e. The first-order valence-corrected chi connectivity index (χ1v) is 11.8. The average Bonchev–Trinajstić information content (AvgIpc) is 2.73. The number of methoxy groups -OCH3 is 1. The van der Waals surface area contributed by atoms with Crippen LogP contribution in [0.15, 0.2) is 47.4 Å². The Morgan fingerprint density at radius 1 is 1.23 bits per heavy atom. The minimum Gasteiger partial charge on any atom is -0.495 e. The molecule has 30 heavy (non-hydrogen) atoms. The topological polar surface area (TPSA) is 75.7 Å². The quantitative estimate of drug-likeness (QED) is 0.707. The van der Waals surface area contributed by atoms with Gasteiger partial charge >= 0.3 is 0 Å². The summed E-state index contributed by atoms with van der Waals surface area (Å²) in [5.41, 5.74) is 1.04. The number of nitrogens with zero attached hydrogens (tertiary/aromatic N) is 1. The summed E-state index contributed by atoms with van der Waals surface area (Å²) < 4.78 is 33.5. The maximum atomic E-state index is 13.3. The molecule has 8 heteroatoms. The van der Waals surface area contributed by atoms with Crippen LogP contribution in [0.2, 0.25) is 5.02 Å². The minimum absolute atomic E-state index is 0.0109. The first-order chi connectivity index (χ1) is 14.3. The number of hydrogen-bond acceptors (Lipinski definition) is 4. The fourth-order valence-electron chi connectivity index (χ4n) is 3.76. The summed E-state index contributed by atoms with van der Waals surface area (Å²) in [5.74, 6) is -0.156. The summed E-state index contributed by atoms with van der Waals surface area (Å²) in [5, 5.41) is 3.44. The highest BCUT2D eigenvalue weighted by atomic mass is 35.5. The van der Waals surface area contributed by atoms with Crippen LogP contribution in [0.25, 0.3) is 0 Å². The Kier molecular flexibility index (Phi) is 7.06. The molecule has 0 spiro atoms. The van der Waals surface area contributed by atoms with Gasteiger partial charge in [0.2, 0.25) is 10.0 Å². The Labute approximate surface area is 183 Å². The molecule has 6 nitrogen and oxygen atoms in total. The molecule has 1 heterocycles. The summed E-state index contributed by atoms with van der Waals surface area (Å²) in [4.78, 5) is 12.9. The van der Waals surface area contributed by atoms with Gasteiger partial charge in [-0.3, -0.25) is 4.79 Å². The monoisotopic (exact) mass is 450 g/mol. The van der Waals surface area contributed by atoms with Gasteiger partial charge in [0, 0.05) is 23.2 Å². The van der Waals surface area contributed by atoms with E-state index in [-0.39, 0.29) is 34.2 Å². The number of piperidine rings is 1. The van der Waals surface area contributed by atoms with Crippen LogP contribution in [0.3, 0.4) is 0 Å². The van der Waals surface area contributed by atoms with Crippen LogP contribution in [0.1, 0.15) is 55.1 Å². The summed E-state index contributed by atoms with van der Waals surface area (Å²) >= 11 is 6.22. The van der Waals surface area contributed by atoms with Crippen molar-refractivity contribution in [3.63, 3.8) is 0 Å². The number of amides is 1. The molecular weight excluding hydrogens is 424 g/mol.